The van der Waals surface area contributed by atoms with E-state index in [1.807, 2.05) is 0 Å². The van der Waals surface area contributed by atoms with Crippen LogP contribution in [0.15, 0.2) is 0 Å². The van der Waals surface area contributed by atoms with Crippen LogP contribution in [0.3, 0.4) is 0 Å². The number of rotatable bonds is 6. The molecule has 0 aliphatic rings. The number of hydrogen-bond acceptors (Lipinski definition) is 3. The molecular weight excluding hydrogens is 150 g/mol. The molecule has 62 valence electrons. The van der Waals surface area contributed by atoms with Crippen LogP contribution in [0.2, 0.25) is 0 Å². The average molecular weight is 165 g/mol. The number of methoxy groups -OCH3 is 1. The lowest BCUT2D eigenvalue weighted by atomic mass is 10.5. The van der Waals surface area contributed by atoms with Crippen molar-refractivity contribution in [3.05, 3.63) is 0 Å². The van der Waals surface area contributed by atoms with Crippen LogP contribution in [-0.2, 0) is 15.5 Å². The van der Waals surface area contributed by atoms with E-state index in [1.165, 1.54) is 0 Å². The molecule has 0 fully saturated rings. The Labute approximate surface area is 64.4 Å². The summed E-state index contributed by atoms with van der Waals surface area (Å²) < 4.78 is 15.7. The lowest BCUT2D eigenvalue weighted by Gasteiger charge is -1.98. The van der Waals surface area contributed by atoms with Gasteiger partial charge in [0.1, 0.15) is 0 Å². The minimum absolute atomic E-state index is 0.513. The van der Waals surface area contributed by atoms with Crippen molar-refractivity contribution in [1.82, 2.24) is 0 Å². The van der Waals surface area contributed by atoms with Gasteiger partial charge in [-0.3, -0.25) is 4.21 Å². The molecule has 10 heavy (non-hydrogen) atoms. The zero-order valence-corrected chi connectivity index (χ0v) is 7.15. The van der Waals surface area contributed by atoms with Gasteiger partial charge < -0.3 is 10.5 Å². The second-order valence-electron chi connectivity index (χ2n) is 1.98. The smallest absolute Gasteiger partial charge is 0.0471 e. The van der Waals surface area contributed by atoms with Crippen molar-refractivity contribution in [2.24, 2.45) is 5.73 Å². The Bertz CT molecular complexity index is 97.7. The highest BCUT2D eigenvalue weighted by molar-refractivity contribution is 7.84. The second kappa shape index (κ2) is 7.18. The Balaban J connectivity index is 3.05. The van der Waals surface area contributed by atoms with E-state index in [1.54, 1.807) is 7.11 Å². The number of ether oxygens (including phenoxy) is 1. The molecule has 0 heterocycles. The Hall–Kier alpha value is 0.0700. The third kappa shape index (κ3) is 6.19. The van der Waals surface area contributed by atoms with Crippen molar-refractivity contribution in [1.29, 1.82) is 0 Å². The minimum Gasteiger partial charge on any atom is -0.385 e. The van der Waals surface area contributed by atoms with Gasteiger partial charge in [-0.2, -0.15) is 0 Å². The third-order valence-corrected chi connectivity index (χ3v) is 2.50. The molecule has 0 saturated carbocycles. The molecule has 0 aliphatic heterocycles. The van der Waals surface area contributed by atoms with Crippen LogP contribution in [0, 0.1) is 0 Å². The van der Waals surface area contributed by atoms with E-state index < -0.39 is 10.8 Å². The van der Waals surface area contributed by atoms with Crippen molar-refractivity contribution < 1.29 is 8.95 Å². The van der Waals surface area contributed by atoms with E-state index in [2.05, 4.69) is 0 Å². The highest BCUT2D eigenvalue weighted by Crippen LogP contribution is 1.86. The SMILES string of the molecule is COCCCS(=O)CCN. The lowest BCUT2D eigenvalue weighted by Crippen LogP contribution is -2.13. The van der Waals surface area contributed by atoms with E-state index >= 15 is 0 Å². The van der Waals surface area contributed by atoms with Crippen LogP contribution in [0.25, 0.3) is 0 Å². The van der Waals surface area contributed by atoms with Crippen molar-refractivity contribution in [3.63, 3.8) is 0 Å². The van der Waals surface area contributed by atoms with E-state index in [0.717, 1.165) is 6.42 Å². The normalized spacial score (nSPS) is 13.4. The summed E-state index contributed by atoms with van der Waals surface area (Å²) in [5, 5.41) is 0. The zero-order valence-electron chi connectivity index (χ0n) is 6.34. The maximum Gasteiger partial charge on any atom is 0.0471 e. The van der Waals surface area contributed by atoms with E-state index in [4.69, 9.17) is 10.5 Å². The summed E-state index contributed by atoms with van der Waals surface area (Å²) in [7, 11) is 0.918. The van der Waals surface area contributed by atoms with Gasteiger partial charge in [-0.25, -0.2) is 0 Å². The molecule has 3 nitrogen and oxygen atoms in total. The van der Waals surface area contributed by atoms with Crippen LogP contribution >= 0.6 is 0 Å². The molecule has 1 unspecified atom stereocenters. The molecule has 0 bridgehead atoms. The maximum atomic E-state index is 10.9. The predicted molar refractivity (Wildman–Crippen MR) is 43.4 cm³/mol. The van der Waals surface area contributed by atoms with Gasteiger partial charge in [-0.1, -0.05) is 0 Å². The van der Waals surface area contributed by atoms with Crippen LogP contribution in [0.4, 0.5) is 0 Å². The summed E-state index contributed by atoms with van der Waals surface area (Å²) in [5.41, 5.74) is 5.21. The van der Waals surface area contributed by atoms with Crippen LogP contribution in [0.5, 0.6) is 0 Å². The molecule has 0 spiro atoms. The third-order valence-electron chi connectivity index (χ3n) is 1.07. The van der Waals surface area contributed by atoms with Gasteiger partial charge >= 0.3 is 0 Å². The Morgan fingerprint density at radius 2 is 2.20 bits per heavy atom. The van der Waals surface area contributed by atoms with E-state index in [0.29, 0.717) is 24.7 Å². The van der Waals surface area contributed by atoms with Crippen molar-refractivity contribution >= 4 is 10.8 Å². The fourth-order valence-corrected chi connectivity index (χ4v) is 1.50. The van der Waals surface area contributed by atoms with E-state index in [9.17, 15) is 4.21 Å². The van der Waals surface area contributed by atoms with Gasteiger partial charge in [0.15, 0.2) is 0 Å². The molecule has 0 saturated heterocycles. The van der Waals surface area contributed by atoms with Crippen LogP contribution in [0.1, 0.15) is 6.42 Å². The summed E-state index contributed by atoms with van der Waals surface area (Å²) in [5.74, 6) is 1.33. The fraction of sp³-hybridized carbons (Fsp3) is 1.00. The molecule has 2 N–H and O–H groups in total. The Kier molecular flexibility index (Phi) is 7.23. The Morgan fingerprint density at radius 3 is 2.70 bits per heavy atom. The van der Waals surface area contributed by atoms with Crippen LogP contribution in [-0.4, -0.2) is 36.0 Å². The van der Waals surface area contributed by atoms with Gasteiger partial charge in [-0.15, -0.1) is 0 Å². The van der Waals surface area contributed by atoms with Gasteiger partial charge in [0, 0.05) is 42.6 Å². The molecule has 0 amide bonds. The minimum atomic E-state index is -0.727. The van der Waals surface area contributed by atoms with Gasteiger partial charge in [0.2, 0.25) is 0 Å². The van der Waals surface area contributed by atoms with Crippen LogP contribution < -0.4 is 5.73 Å². The van der Waals surface area contributed by atoms with Crippen molar-refractivity contribution in [2.75, 3.05) is 31.8 Å². The summed E-state index contributed by atoms with van der Waals surface area (Å²) in [4.78, 5) is 0. The summed E-state index contributed by atoms with van der Waals surface area (Å²) in [6, 6.07) is 0. The van der Waals surface area contributed by atoms with Crippen molar-refractivity contribution in [3.8, 4) is 0 Å². The molecular formula is C6H15NO2S. The molecule has 4 heteroatoms. The van der Waals surface area contributed by atoms with Gasteiger partial charge in [-0.05, 0) is 6.42 Å². The standard InChI is InChI=1S/C6H15NO2S/c1-9-4-2-5-10(8)6-3-7/h2-7H2,1H3. The maximum absolute atomic E-state index is 10.9. The number of nitrogens with two attached hydrogens (primary N) is 1. The predicted octanol–water partition coefficient (Wildman–Crippen LogP) is -0.270. The zero-order chi connectivity index (χ0) is 7.82. The molecule has 0 aromatic heterocycles. The molecule has 0 rings (SSSR count). The highest BCUT2D eigenvalue weighted by atomic mass is 32.2. The fourth-order valence-electron chi connectivity index (χ4n) is 0.598. The van der Waals surface area contributed by atoms with Gasteiger partial charge in [0.05, 0.1) is 0 Å². The number of hydrogen-bond donors (Lipinski definition) is 1. The monoisotopic (exact) mass is 165 g/mol. The topological polar surface area (TPSA) is 52.3 Å². The Morgan fingerprint density at radius 1 is 1.50 bits per heavy atom. The summed E-state index contributed by atoms with van der Waals surface area (Å²) in [6.45, 7) is 1.20. The molecule has 0 aliphatic carbocycles. The molecule has 0 aromatic carbocycles. The van der Waals surface area contributed by atoms with E-state index in [-0.39, 0.29) is 0 Å². The largest absolute Gasteiger partial charge is 0.385 e. The first-order chi connectivity index (χ1) is 4.81. The first kappa shape index (κ1) is 10.1. The first-order valence-corrected chi connectivity index (χ1v) is 4.84. The summed E-state index contributed by atoms with van der Waals surface area (Å²) >= 11 is 0. The molecule has 1 atom stereocenters. The highest BCUT2D eigenvalue weighted by Gasteiger charge is 1.95. The van der Waals surface area contributed by atoms with Gasteiger partial charge in [0.25, 0.3) is 0 Å². The molecule has 0 aromatic rings. The first-order valence-electron chi connectivity index (χ1n) is 3.35. The molecule has 0 radical (unpaired) electrons. The summed E-state index contributed by atoms with van der Waals surface area (Å²) in [6.07, 6.45) is 0.864. The lowest BCUT2D eigenvalue weighted by molar-refractivity contribution is 0.200. The second-order valence-corrected chi connectivity index (χ2v) is 3.68. The average Bonchev–Trinajstić information content (AvgIpc) is 1.89. The quantitative estimate of drug-likeness (QED) is 0.551. The van der Waals surface area contributed by atoms with Crippen molar-refractivity contribution in [2.45, 2.75) is 6.42 Å².